The SMILES string of the molecule is Cc1cccc(CC(C)N)c1OCCOCC(C)C. The van der Waals surface area contributed by atoms with E-state index >= 15 is 0 Å². The molecule has 0 heterocycles. The summed E-state index contributed by atoms with van der Waals surface area (Å²) >= 11 is 0. The first-order chi connectivity index (χ1) is 9.00. The van der Waals surface area contributed by atoms with Gasteiger partial charge in [-0.3, -0.25) is 0 Å². The van der Waals surface area contributed by atoms with Crippen LogP contribution in [-0.2, 0) is 11.2 Å². The summed E-state index contributed by atoms with van der Waals surface area (Å²) in [4.78, 5) is 0. The third-order valence-electron chi connectivity index (χ3n) is 2.76. The molecule has 0 fully saturated rings. The van der Waals surface area contributed by atoms with Crippen LogP contribution in [0.5, 0.6) is 5.75 Å². The highest BCUT2D eigenvalue weighted by Gasteiger charge is 2.08. The van der Waals surface area contributed by atoms with Crippen molar-refractivity contribution >= 4 is 0 Å². The number of nitrogens with two attached hydrogens (primary N) is 1. The second-order valence-corrected chi connectivity index (χ2v) is 5.56. The minimum absolute atomic E-state index is 0.140. The summed E-state index contributed by atoms with van der Waals surface area (Å²) in [7, 11) is 0. The highest BCUT2D eigenvalue weighted by atomic mass is 16.5. The van der Waals surface area contributed by atoms with Crippen molar-refractivity contribution in [1.82, 2.24) is 0 Å². The fourth-order valence-corrected chi connectivity index (χ4v) is 1.95. The molecular formula is C16H27NO2. The first kappa shape index (κ1) is 16.0. The molecule has 1 unspecified atom stereocenters. The predicted octanol–water partition coefficient (Wildman–Crippen LogP) is 2.94. The second-order valence-electron chi connectivity index (χ2n) is 5.56. The van der Waals surface area contributed by atoms with Gasteiger partial charge >= 0.3 is 0 Å². The van der Waals surface area contributed by atoms with Crippen LogP contribution >= 0.6 is 0 Å². The van der Waals surface area contributed by atoms with Crippen LogP contribution < -0.4 is 10.5 Å². The Morgan fingerprint density at radius 2 is 1.89 bits per heavy atom. The van der Waals surface area contributed by atoms with Crippen molar-refractivity contribution in [2.45, 2.75) is 40.2 Å². The van der Waals surface area contributed by atoms with Crippen molar-refractivity contribution in [2.24, 2.45) is 11.7 Å². The van der Waals surface area contributed by atoms with Gasteiger partial charge in [0.05, 0.1) is 6.61 Å². The number of para-hydroxylation sites is 1. The Balaban J connectivity index is 2.51. The third-order valence-corrected chi connectivity index (χ3v) is 2.76. The van der Waals surface area contributed by atoms with Gasteiger partial charge in [0.1, 0.15) is 12.4 Å². The molecule has 1 atom stereocenters. The lowest BCUT2D eigenvalue weighted by Crippen LogP contribution is -2.19. The highest BCUT2D eigenvalue weighted by Crippen LogP contribution is 2.24. The molecule has 1 aromatic rings. The van der Waals surface area contributed by atoms with Crippen LogP contribution in [0.3, 0.4) is 0 Å². The molecule has 0 radical (unpaired) electrons. The maximum absolute atomic E-state index is 5.87. The molecule has 2 N–H and O–H groups in total. The van der Waals surface area contributed by atoms with Gasteiger partial charge in [-0.2, -0.15) is 0 Å². The summed E-state index contributed by atoms with van der Waals surface area (Å²) < 4.78 is 11.4. The third kappa shape index (κ3) is 6.08. The lowest BCUT2D eigenvalue weighted by atomic mass is 10.0. The Kier molecular flexibility index (Phi) is 6.89. The van der Waals surface area contributed by atoms with E-state index in [-0.39, 0.29) is 6.04 Å². The molecule has 0 aliphatic heterocycles. The average molecular weight is 265 g/mol. The number of rotatable bonds is 8. The van der Waals surface area contributed by atoms with Gasteiger partial charge in [0.25, 0.3) is 0 Å². The van der Waals surface area contributed by atoms with Crippen LogP contribution in [0.2, 0.25) is 0 Å². The van der Waals surface area contributed by atoms with Gasteiger partial charge in [-0.15, -0.1) is 0 Å². The van der Waals surface area contributed by atoms with Crippen LogP contribution in [-0.4, -0.2) is 25.9 Å². The highest BCUT2D eigenvalue weighted by molar-refractivity contribution is 5.41. The monoisotopic (exact) mass is 265 g/mol. The smallest absolute Gasteiger partial charge is 0.125 e. The molecule has 3 heteroatoms. The van der Waals surface area contributed by atoms with Crippen molar-refractivity contribution in [3.05, 3.63) is 29.3 Å². The molecule has 0 amide bonds. The van der Waals surface area contributed by atoms with Crippen LogP contribution in [0, 0.1) is 12.8 Å². The molecule has 0 aliphatic carbocycles. The van der Waals surface area contributed by atoms with E-state index in [1.165, 1.54) is 5.56 Å². The number of benzene rings is 1. The molecule has 3 nitrogen and oxygen atoms in total. The first-order valence-electron chi connectivity index (χ1n) is 7.05. The Morgan fingerprint density at radius 1 is 1.16 bits per heavy atom. The maximum atomic E-state index is 5.87. The Bertz CT molecular complexity index is 375. The van der Waals surface area contributed by atoms with Crippen LogP contribution in [0.25, 0.3) is 0 Å². The van der Waals surface area contributed by atoms with Gasteiger partial charge < -0.3 is 15.2 Å². The molecule has 0 aromatic heterocycles. The normalized spacial score (nSPS) is 12.7. The summed E-state index contributed by atoms with van der Waals surface area (Å²) in [6.07, 6.45) is 0.837. The predicted molar refractivity (Wildman–Crippen MR) is 79.7 cm³/mol. The molecule has 1 rings (SSSR count). The number of hydrogen-bond donors (Lipinski definition) is 1. The maximum Gasteiger partial charge on any atom is 0.125 e. The number of hydrogen-bond acceptors (Lipinski definition) is 3. The van der Waals surface area contributed by atoms with Gasteiger partial charge in [0, 0.05) is 12.6 Å². The van der Waals surface area contributed by atoms with E-state index in [1.54, 1.807) is 0 Å². The van der Waals surface area contributed by atoms with Gasteiger partial charge in [-0.1, -0.05) is 32.0 Å². The average Bonchev–Trinajstić information content (AvgIpc) is 2.30. The zero-order chi connectivity index (χ0) is 14.3. The van der Waals surface area contributed by atoms with Crippen molar-refractivity contribution in [3.63, 3.8) is 0 Å². The summed E-state index contributed by atoms with van der Waals surface area (Å²) in [5.41, 5.74) is 8.21. The standard InChI is InChI=1S/C16H27NO2/c1-12(2)11-18-8-9-19-16-13(3)6-5-7-15(16)10-14(4)17/h5-7,12,14H,8-11,17H2,1-4H3. The Hall–Kier alpha value is -1.06. The lowest BCUT2D eigenvalue weighted by Gasteiger charge is -2.16. The quantitative estimate of drug-likeness (QED) is 0.735. The van der Waals surface area contributed by atoms with E-state index in [9.17, 15) is 0 Å². The van der Waals surface area contributed by atoms with Crippen molar-refractivity contribution in [1.29, 1.82) is 0 Å². The van der Waals surface area contributed by atoms with Crippen molar-refractivity contribution in [3.8, 4) is 5.75 Å². The van der Waals surface area contributed by atoms with E-state index < -0.39 is 0 Å². The summed E-state index contributed by atoms with van der Waals surface area (Å²) in [5.74, 6) is 1.53. The topological polar surface area (TPSA) is 44.5 Å². The Labute approximate surface area is 117 Å². The van der Waals surface area contributed by atoms with E-state index in [0.717, 1.165) is 24.3 Å². The van der Waals surface area contributed by atoms with Gasteiger partial charge in [-0.05, 0) is 37.3 Å². The molecule has 1 aromatic carbocycles. The first-order valence-corrected chi connectivity index (χ1v) is 7.05. The lowest BCUT2D eigenvalue weighted by molar-refractivity contribution is 0.0814. The fraction of sp³-hybridized carbons (Fsp3) is 0.625. The second kappa shape index (κ2) is 8.18. The van der Waals surface area contributed by atoms with Gasteiger partial charge in [0.2, 0.25) is 0 Å². The molecule has 0 saturated heterocycles. The van der Waals surface area contributed by atoms with Gasteiger partial charge in [0.15, 0.2) is 0 Å². The van der Waals surface area contributed by atoms with Crippen LogP contribution in [0.1, 0.15) is 31.9 Å². The van der Waals surface area contributed by atoms with E-state index in [2.05, 4.69) is 39.0 Å². The van der Waals surface area contributed by atoms with Crippen molar-refractivity contribution < 1.29 is 9.47 Å². The van der Waals surface area contributed by atoms with E-state index in [0.29, 0.717) is 19.1 Å². The van der Waals surface area contributed by atoms with Crippen LogP contribution in [0.4, 0.5) is 0 Å². The minimum Gasteiger partial charge on any atom is -0.491 e. The molecule has 108 valence electrons. The Morgan fingerprint density at radius 3 is 2.53 bits per heavy atom. The minimum atomic E-state index is 0.140. The summed E-state index contributed by atoms with van der Waals surface area (Å²) in [5, 5.41) is 0. The molecule has 0 aliphatic rings. The number of aryl methyl sites for hydroxylation is 1. The summed E-state index contributed by atoms with van der Waals surface area (Å²) in [6.45, 7) is 10.4. The molecular weight excluding hydrogens is 238 g/mol. The fourth-order valence-electron chi connectivity index (χ4n) is 1.95. The molecule has 0 saturated carbocycles. The summed E-state index contributed by atoms with van der Waals surface area (Å²) in [6, 6.07) is 6.34. The number of ether oxygens (including phenoxy) is 2. The van der Waals surface area contributed by atoms with Crippen LogP contribution in [0.15, 0.2) is 18.2 Å². The van der Waals surface area contributed by atoms with E-state index in [1.807, 2.05) is 6.92 Å². The zero-order valence-corrected chi connectivity index (χ0v) is 12.6. The molecule has 0 bridgehead atoms. The zero-order valence-electron chi connectivity index (χ0n) is 12.6. The molecule has 0 spiro atoms. The van der Waals surface area contributed by atoms with Crippen molar-refractivity contribution in [2.75, 3.05) is 19.8 Å². The van der Waals surface area contributed by atoms with E-state index in [4.69, 9.17) is 15.2 Å². The van der Waals surface area contributed by atoms with Gasteiger partial charge in [-0.25, -0.2) is 0 Å². The largest absolute Gasteiger partial charge is 0.491 e. The molecule has 19 heavy (non-hydrogen) atoms.